The van der Waals surface area contributed by atoms with Gasteiger partial charge in [0.1, 0.15) is 0 Å². The number of hydrogen-bond donors (Lipinski definition) is 0. The van der Waals surface area contributed by atoms with Gasteiger partial charge in [0.15, 0.2) is 0 Å². The molecule has 18 heavy (non-hydrogen) atoms. The van der Waals surface area contributed by atoms with Gasteiger partial charge < -0.3 is 0 Å². The van der Waals surface area contributed by atoms with Crippen molar-refractivity contribution in [1.82, 2.24) is 0 Å². The van der Waals surface area contributed by atoms with Crippen LogP contribution in [0.4, 0.5) is 5.69 Å². The van der Waals surface area contributed by atoms with Crippen molar-refractivity contribution in [1.29, 1.82) is 0 Å². The fourth-order valence-corrected chi connectivity index (χ4v) is 2.59. The summed E-state index contributed by atoms with van der Waals surface area (Å²) in [6, 6.07) is 19.0. The second-order valence-electron chi connectivity index (χ2n) is 5.36. The summed E-state index contributed by atoms with van der Waals surface area (Å²) in [5, 5.41) is 0. The third-order valence-corrected chi connectivity index (χ3v) is 3.77. The molecule has 0 fully saturated rings. The van der Waals surface area contributed by atoms with Gasteiger partial charge in [0.2, 0.25) is 0 Å². The van der Waals surface area contributed by atoms with Crippen LogP contribution in [0, 0.1) is 0 Å². The van der Waals surface area contributed by atoms with Crippen molar-refractivity contribution in [2.24, 2.45) is 4.99 Å². The monoisotopic (exact) mass is 235 g/mol. The summed E-state index contributed by atoms with van der Waals surface area (Å²) >= 11 is 0. The summed E-state index contributed by atoms with van der Waals surface area (Å²) in [6.07, 6.45) is 0.933. The Hall–Kier alpha value is -1.89. The summed E-state index contributed by atoms with van der Waals surface area (Å²) in [5.74, 6) is 0. The van der Waals surface area contributed by atoms with Gasteiger partial charge in [-0.05, 0) is 17.2 Å². The fraction of sp³-hybridized carbons (Fsp3) is 0.235. The Labute approximate surface area is 108 Å². The van der Waals surface area contributed by atoms with Gasteiger partial charge >= 0.3 is 0 Å². The Morgan fingerprint density at radius 3 is 2.28 bits per heavy atom. The van der Waals surface area contributed by atoms with E-state index in [-0.39, 0.29) is 5.41 Å². The lowest BCUT2D eigenvalue weighted by Gasteiger charge is -2.22. The molecular formula is C17H17N. The number of nitrogens with zero attached hydrogens (tertiary/aromatic N) is 1. The maximum absolute atomic E-state index is 4.82. The topological polar surface area (TPSA) is 12.4 Å². The fourth-order valence-electron chi connectivity index (χ4n) is 2.59. The van der Waals surface area contributed by atoms with Gasteiger partial charge in [-0.3, -0.25) is 4.99 Å². The van der Waals surface area contributed by atoms with E-state index in [2.05, 4.69) is 68.4 Å². The number of para-hydroxylation sites is 1. The number of aliphatic imine (C=N–C) groups is 1. The van der Waals surface area contributed by atoms with Crippen LogP contribution in [-0.2, 0) is 11.8 Å². The van der Waals surface area contributed by atoms with Crippen LogP contribution in [0.25, 0.3) is 0 Å². The molecule has 0 unspecified atom stereocenters. The van der Waals surface area contributed by atoms with E-state index in [1.807, 2.05) is 0 Å². The Morgan fingerprint density at radius 1 is 0.889 bits per heavy atom. The maximum atomic E-state index is 4.82. The van der Waals surface area contributed by atoms with Crippen LogP contribution < -0.4 is 0 Å². The predicted molar refractivity (Wildman–Crippen MR) is 76.7 cm³/mol. The van der Waals surface area contributed by atoms with Crippen molar-refractivity contribution >= 4 is 11.4 Å². The first-order valence-electron chi connectivity index (χ1n) is 6.39. The molecule has 1 heterocycles. The molecule has 0 amide bonds. The van der Waals surface area contributed by atoms with E-state index < -0.39 is 0 Å². The third-order valence-electron chi connectivity index (χ3n) is 3.77. The molecule has 0 atom stereocenters. The normalized spacial score (nSPS) is 16.2. The molecule has 2 aromatic carbocycles. The molecule has 1 aliphatic rings. The first-order chi connectivity index (χ1) is 8.68. The van der Waals surface area contributed by atoms with Crippen LogP contribution in [0.5, 0.6) is 0 Å². The maximum Gasteiger partial charge on any atom is 0.0670 e. The van der Waals surface area contributed by atoms with Crippen LogP contribution >= 0.6 is 0 Å². The highest BCUT2D eigenvalue weighted by Gasteiger charge is 2.34. The summed E-state index contributed by atoms with van der Waals surface area (Å²) in [5.41, 5.74) is 5.11. The SMILES string of the molecule is CC1(C)C(Cc2ccccc2)=Nc2ccccc21. The molecular weight excluding hydrogens is 218 g/mol. The largest absolute Gasteiger partial charge is 0.256 e. The Kier molecular flexibility index (Phi) is 2.55. The van der Waals surface area contributed by atoms with E-state index >= 15 is 0 Å². The minimum absolute atomic E-state index is 0.0481. The standard InChI is InChI=1S/C17H17N/c1-17(2)14-10-6-7-11-15(14)18-16(17)12-13-8-4-3-5-9-13/h3-11H,12H2,1-2H3. The first-order valence-corrected chi connectivity index (χ1v) is 6.39. The number of hydrogen-bond acceptors (Lipinski definition) is 1. The quantitative estimate of drug-likeness (QED) is 0.736. The zero-order valence-corrected chi connectivity index (χ0v) is 10.9. The van der Waals surface area contributed by atoms with Crippen molar-refractivity contribution in [3.8, 4) is 0 Å². The van der Waals surface area contributed by atoms with Crippen LogP contribution in [0.15, 0.2) is 59.6 Å². The predicted octanol–water partition coefficient (Wildman–Crippen LogP) is 4.29. The highest BCUT2D eigenvalue weighted by Crippen LogP contribution is 2.40. The molecule has 0 saturated heterocycles. The van der Waals surface area contributed by atoms with E-state index in [0.717, 1.165) is 12.1 Å². The lowest BCUT2D eigenvalue weighted by Crippen LogP contribution is -2.27. The minimum Gasteiger partial charge on any atom is -0.256 e. The van der Waals surface area contributed by atoms with Crippen molar-refractivity contribution in [2.45, 2.75) is 25.7 Å². The summed E-state index contributed by atoms with van der Waals surface area (Å²) in [7, 11) is 0. The third kappa shape index (κ3) is 1.76. The number of benzene rings is 2. The Bertz CT molecular complexity index is 594. The molecule has 1 aliphatic heterocycles. The molecule has 0 saturated carbocycles. The zero-order chi connectivity index (χ0) is 12.6. The van der Waals surface area contributed by atoms with Gasteiger partial charge in [-0.15, -0.1) is 0 Å². The molecule has 90 valence electrons. The second kappa shape index (κ2) is 4.09. The molecule has 2 aromatic rings. The zero-order valence-electron chi connectivity index (χ0n) is 10.9. The molecule has 1 heteroatoms. The average molecular weight is 235 g/mol. The van der Waals surface area contributed by atoms with Crippen molar-refractivity contribution in [2.75, 3.05) is 0 Å². The molecule has 0 aliphatic carbocycles. The summed E-state index contributed by atoms with van der Waals surface area (Å²) in [6.45, 7) is 4.53. The van der Waals surface area contributed by atoms with Gasteiger partial charge in [0.25, 0.3) is 0 Å². The highest BCUT2D eigenvalue weighted by atomic mass is 14.8. The first kappa shape index (κ1) is 11.2. The Morgan fingerprint density at radius 2 is 1.56 bits per heavy atom. The molecule has 0 spiro atoms. The van der Waals surface area contributed by atoms with Crippen molar-refractivity contribution in [3.63, 3.8) is 0 Å². The summed E-state index contributed by atoms with van der Waals surface area (Å²) in [4.78, 5) is 4.82. The second-order valence-corrected chi connectivity index (χ2v) is 5.36. The molecule has 0 N–H and O–H groups in total. The van der Waals surface area contributed by atoms with Crippen molar-refractivity contribution in [3.05, 3.63) is 65.7 Å². The van der Waals surface area contributed by atoms with E-state index in [4.69, 9.17) is 4.99 Å². The van der Waals surface area contributed by atoms with Crippen LogP contribution in [0.2, 0.25) is 0 Å². The van der Waals surface area contributed by atoms with E-state index in [0.29, 0.717) is 0 Å². The van der Waals surface area contributed by atoms with E-state index in [1.165, 1.54) is 16.8 Å². The molecule has 0 bridgehead atoms. The van der Waals surface area contributed by atoms with Gasteiger partial charge in [-0.1, -0.05) is 62.4 Å². The lowest BCUT2D eigenvalue weighted by atomic mass is 9.79. The van der Waals surface area contributed by atoms with Crippen molar-refractivity contribution < 1.29 is 0 Å². The van der Waals surface area contributed by atoms with Gasteiger partial charge in [0, 0.05) is 17.5 Å². The highest BCUT2D eigenvalue weighted by molar-refractivity contribution is 6.02. The Balaban J connectivity index is 1.96. The molecule has 1 nitrogen and oxygen atoms in total. The van der Waals surface area contributed by atoms with E-state index in [1.54, 1.807) is 0 Å². The van der Waals surface area contributed by atoms with Crippen LogP contribution in [-0.4, -0.2) is 5.71 Å². The number of fused-ring (bicyclic) bond motifs is 1. The van der Waals surface area contributed by atoms with Gasteiger partial charge in [-0.2, -0.15) is 0 Å². The van der Waals surface area contributed by atoms with Crippen LogP contribution in [0.3, 0.4) is 0 Å². The summed E-state index contributed by atoms with van der Waals surface area (Å²) < 4.78 is 0. The number of rotatable bonds is 2. The minimum atomic E-state index is 0.0481. The lowest BCUT2D eigenvalue weighted by molar-refractivity contribution is 0.725. The average Bonchev–Trinajstić information content (AvgIpc) is 2.63. The molecule has 0 aromatic heterocycles. The van der Waals surface area contributed by atoms with Gasteiger partial charge in [0.05, 0.1) is 5.69 Å². The van der Waals surface area contributed by atoms with Gasteiger partial charge in [-0.25, -0.2) is 0 Å². The molecule has 0 radical (unpaired) electrons. The molecule has 3 rings (SSSR count). The van der Waals surface area contributed by atoms with E-state index in [9.17, 15) is 0 Å². The smallest absolute Gasteiger partial charge is 0.0670 e. The van der Waals surface area contributed by atoms with Crippen LogP contribution in [0.1, 0.15) is 25.0 Å².